The normalized spacial score (nSPS) is 20.4. The molecule has 9 heteroatoms. The monoisotopic (exact) mass is 442 g/mol. The van der Waals surface area contributed by atoms with Crippen LogP contribution in [-0.2, 0) is 22.4 Å². The first-order valence-corrected chi connectivity index (χ1v) is 11.5. The molecule has 2 amide bonds. The van der Waals surface area contributed by atoms with Crippen LogP contribution < -0.4 is 10.1 Å². The van der Waals surface area contributed by atoms with Crippen molar-refractivity contribution < 1.29 is 18.8 Å². The van der Waals surface area contributed by atoms with Gasteiger partial charge in [-0.25, -0.2) is 0 Å². The largest absolute Gasteiger partial charge is 0.497 e. The zero-order chi connectivity index (χ0) is 22.0. The average Bonchev–Trinajstić information content (AvgIpc) is 3.24. The molecule has 1 fully saturated rings. The summed E-state index contributed by atoms with van der Waals surface area (Å²) in [6.45, 7) is 4.02. The third-order valence-electron chi connectivity index (χ3n) is 5.42. The second-order valence-electron chi connectivity index (χ2n) is 7.70. The number of aryl methyl sites for hydroxylation is 2. The molecule has 8 nitrogen and oxygen atoms in total. The molecular formula is C22H26N4O4S. The van der Waals surface area contributed by atoms with Gasteiger partial charge in [-0.05, 0) is 43.0 Å². The van der Waals surface area contributed by atoms with Gasteiger partial charge in [-0.1, -0.05) is 24.2 Å². The lowest BCUT2D eigenvalue weighted by Crippen LogP contribution is -2.69. The predicted octanol–water partition coefficient (Wildman–Crippen LogP) is 2.79. The van der Waals surface area contributed by atoms with E-state index in [2.05, 4.69) is 22.4 Å². The standard InChI is InChI=1S/C22H26N4O4S/c1-4-5-16-23-20(30-25-16)19-13(2)12-31-22-18(21(28)26(19)22)24-17(27)11-8-14-6-9-15(29-3)10-7-14/h6-7,9-10,18,22H,4-5,8,11-12H2,1-3H3,(H,24,27)/t18-,22-/m1/s1. The molecule has 1 N–H and O–H groups in total. The molecule has 3 heterocycles. The number of aromatic nitrogens is 2. The van der Waals surface area contributed by atoms with E-state index in [1.807, 2.05) is 31.2 Å². The molecule has 0 spiro atoms. The average molecular weight is 443 g/mol. The van der Waals surface area contributed by atoms with Crippen molar-refractivity contribution in [3.8, 4) is 5.75 Å². The first kappa shape index (κ1) is 21.4. The highest BCUT2D eigenvalue weighted by Gasteiger charge is 2.53. The Bertz CT molecular complexity index is 1000. The Balaban J connectivity index is 1.37. The van der Waals surface area contributed by atoms with Crippen molar-refractivity contribution in [2.24, 2.45) is 0 Å². The Morgan fingerprint density at radius 3 is 2.81 bits per heavy atom. The van der Waals surface area contributed by atoms with Gasteiger partial charge in [0.15, 0.2) is 5.82 Å². The first-order valence-electron chi connectivity index (χ1n) is 10.4. The van der Waals surface area contributed by atoms with Crippen LogP contribution in [0.5, 0.6) is 5.75 Å². The number of thioether (sulfide) groups is 1. The van der Waals surface area contributed by atoms with Gasteiger partial charge < -0.3 is 14.6 Å². The van der Waals surface area contributed by atoms with Crippen LogP contribution in [0.4, 0.5) is 0 Å². The van der Waals surface area contributed by atoms with Gasteiger partial charge in [-0.2, -0.15) is 4.98 Å². The van der Waals surface area contributed by atoms with Crippen molar-refractivity contribution in [3.05, 3.63) is 47.1 Å². The maximum Gasteiger partial charge on any atom is 0.274 e. The fourth-order valence-electron chi connectivity index (χ4n) is 3.75. The molecule has 1 aromatic heterocycles. The van der Waals surface area contributed by atoms with Gasteiger partial charge >= 0.3 is 0 Å². The fraction of sp³-hybridized carbons (Fsp3) is 0.455. The van der Waals surface area contributed by atoms with E-state index in [0.717, 1.165) is 35.5 Å². The van der Waals surface area contributed by atoms with Crippen LogP contribution in [0.2, 0.25) is 0 Å². The van der Waals surface area contributed by atoms with Crippen molar-refractivity contribution in [1.29, 1.82) is 0 Å². The highest BCUT2D eigenvalue weighted by molar-refractivity contribution is 8.00. The minimum absolute atomic E-state index is 0.134. The molecule has 2 aliphatic heterocycles. The van der Waals surface area contributed by atoms with Gasteiger partial charge in [0.25, 0.3) is 11.8 Å². The van der Waals surface area contributed by atoms with Gasteiger partial charge in [0.05, 0.1) is 7.11 Å². The van der Waals surface area contributed by atoms with E-state index in [1.165, 1.54) is 0 Å². The molecule has 2 atom stereocenters. The van der Waals surface area contributed by atoms with E-state index in [-0.39, 0.29) is 17.2 Å². The van der Waals surface area contributed by atoms with Crippen LogP contribution in [0.1, 0.15) is 44.0 Å². The van der Waals surface area contributed by atoms with Gasteiger partial charge in [0.1, 0.15) is 22.9 Å². The van der Waals surface area contributed by atoms with E-state index >= 15 is 0 Å². The lowest BCUT2D eigenvalue weighted by molar-refractivity contribution is -0.144. The van der Waals surface area contributed by atoms with Crippen LogP contribution in [0.3, 0.4) is 0 Å². The van der Waals surface area contributed by atoms with E-state index in [4.69, 9.17) is 9.26 Å². The summed E-state index contributed by atoms with van der Waals surface area (Å²) in [5, 5.41) is 6.76. The second-order valence-corrected chi connectivity index (χ2v) is 8.80. The van der Waals surface area contributed by atoms with Crippen molar-refractivity contribution in [2.75, 3.05) is 12.9 Å². The summed E-state index contributed by atoms with van der Waals surface area (Å²) in [5.41, 5.74) is 2.75. The maximum atomic E-state index is 12.9. The number of ether oxygens (including phenoxy) is 1. The second kappa shape index (κ2) is 9.13. The number of hydrogen-bond donors (Lipinski definition) is 1. The van der Waals surface area contributed by atoms with Crippen molar-refractivity contribution in [2.45, 2.75) is 50.9 Å². The molecule has 4 rings (SSSR count). The molecule has 1 aromatic carbocycles. The number of nitrogens with one attached hydrogen (secondary N) is 1. The van der Waals surface area contributed by atoms with Crippen molar-refractivity contribution in [1.82, 2.24) is 20.4 Å². The SMILES string of the molecule is CCCc1noc(C2=C(C)CS[C@@H]3[C@H](NC(=O)CCc4ccc(OC)cc4)C(=O)N23)n1. The molecule has 0 bridgehead atoms. The molecule has 0 unspecified atom stereocenters. The van der Waals surface area contributed by atoms with Crippen molar-refractivity contribution >= 4 is 29.3 Å². The number of hydrogen-bond acceptors (Lipinski definition) is 7. The Morgan fingerprint density at radius 1 is 1.32 bits per heavy atom. The molecule has 2 aromatic rings. The summed E-state index contributed by atoms with van der Waals surface area (Å²) >= 11 is 1.64. The Kier molecular flexibility index (Phi) is 6.31. The maximum absolute atomic E-state index is 12.9. The van der Waals surface area contributed by atoms with Gasteiger partial charge in [-0.15, -0.1) is 11.8 Å². The third kappa shape index (κ3) is 4.32. The van der Waals surface area contributed by atoms with Crippen molar-refractivity contribution in [3.63, 3.8) is 0 Å². The zero-order valence-corrected chi connectivity index (χ0v) is 18.7. The summed E-state index contributed by atoms with van der Waals surface area (Å²) in [4.78, 5) is 31.5. The highest BCUT2D eigenvalue weighted by Crippen LogP contribution is 2.43. The van der Waals surface area contributed by atoms with Crippen LogP contribution in [-0.4, -0.2) is 51.1 Å². The minimum Gasteiger partial charge on any atom is -0.497 e. The fourth-order valence-corrected chi connectivity index (χ4v) is 5.04. The summed E-state index contributed by atoms with van der Waals surface area (Å²) < 4.78 is 10.6. The molecule has 0 radical (unpaired) electrons. The molecule has 0 saturated carbocycles. The van der Waals surface area contributed by atoms with Crippen LogP contribution in [0, 0.1) is 0 Å². The van der Waals surface area contributed by atoms with E-state index in [9.17, 15) is 9.59 Å². The first-order chi connectivity index (χ1) is 15.0. The smallest absolute Gasteiger partial charge is 0.274 e. The van der Waals surface area contributed by atoms with E-state index < -0.39 is 6.04 Å². The molecule has 164 valence electrons. The van der Waals surface area contributed by atoms with Crippen LogP contribution in [0.25, 0.3) is 5.70 Å². The predicted molar refractivity (Wildman–Crippen MR) is 117 cm³/mol. The van der Waals surface area contributed by atoms with Gasteiger partial charge in [0.2, 0.25) is 5.91 Å². The topological polar surface area (TPSA) is 97.6 Å². The molecule has 2 aliphatic rings. The zero-order valence-electron chi connectivity index (χ0n) is 17.9. The molecular weight excluding hydrogens is 416 g/mol. The number of β-lactam (4-membered cyclic amide) rings is 1. The highest BCUT2D eigenvalue weighted by atomic mass is 32.2. The number of fused-ring (bicyclic) bond motifs is 1. The summed E-state index contributed by atoms with van der Waals surface area (Å²) in [7, 11) is 1.62. The number of carbonyl (C=O) groups excluding carboxylic acids is 2. The molecule has 0 aliphatic carbocycles. The number of methoxy groups -OCH3 is 1. The van der Waals surface area contributed by atoms with E-state index in [0.29, 0.717) is 30.3 Å². The summed E-state index contributed by atoms with van der Waals surface area (Å²) in [6, 6.07) is 7.10. The summed E-state index contributed by atoms with van der Waals surface area (Å²) in [5.74, 6) is 2.27. The lowest BCUT2D eigenvalue weighted by atomic mass is 10.0. The van der Waals surface area contributed by atoms with Crippen LogP contribution >= 0.6 is 11.8 Å². The number of nitrogens with zero attached hydrogens (tertiary/aromatic N) is 3. The van der Waals surface area contributed by atoms with E-state index in [1.54, 1.807) is 23.8 Å². The third-order valence-corrected chi connectivity index (χ3v) is 6.84. The Morgan fingerprint density at radius 2 is 2.10 bits per heavy atom. The Hall–Kier alpha value is -2.81. The molecule has 1 saturated heterocycles. The van der Waals surface area contributed by atoms with Gasteiger partial charge in [0, 0.05) is 18.6 Å². The Labute approximate surface area is 185 Å². The summed E-state index contributed by atoms with van der Waals surface area (Å²) in [6.07, 6.45) is 2.57. The van der Waals surface area contributed by atoms with Gasteiger partial charge in [-0.3, -0.25) is 14.5 Å². The quantitative estimate of drug-likeness (QED) is 0.628. The minimum atomic E-state index is -0.533. The van der Waals surface area contributed by atoms with Crippen LogP contribution in [0.15, 0.2) is 34.4 Å². The number of benzene rings is 1. The number of amides is 2. The molecule has 31 heavy (non-hydrogen) atoms. The number of rotatable bonds is 8. The lowest BCUT2D eigenvalue weighted by Gasteiger charge is -2.49. The number of carbonyl (C=O) groups is 2.